The molecule has 1 fully saturated rings. The van der Waals surface area contributed by atoms with Crippen LogP contribution < -0.4 is 10.2 Å². The number of halogens is 1. The molecule has 31 heavy (non-hydrogen) atoms. The Morgan fingerprint density at radius 2 is 1.74 bits per heavy atom. The molecule has 1 aliphatic rings. The number of carbonyl (C=O) groups excluding carboxylic acids is 1. The highest BCUT2D eigenvalue weighted by atomic mass is 127. The van der Waals surface area contributed by atoms with Crippen molar-refractivity contribution in [3.63, 3.8) is 0 Å². The third-order valence-corrected chi connectivity index (χ3v) is 6.32. The van der Waals surface area contributed by atoms with Gasteiger partial charge < -0.3 is 20.0 Å². The predicted molar refractivity (Wildman–Crippen MR) is 142 cm³/mol. The first-order chi connectivity index (χ1) is 14.7. The summed E-state index contributed by atoms with van der Waals surface area (Å²) in [5.74, 6) is 1.05. The number of aliphatic imine (C=N–C) groups is 1. The van der Waals surface area contributed by atoms with E-state index >= 15 is 0 Å². The van der Waals surface area contributed by atoms with E-state index in [-0.39, 0.29) is 29.9 Å². The molecule has 0 atom stereocenters. The van der Waals surface area contributed by atoms with Crippen LogP contribution in [0.15, 0.2) is 46.8 Å². The SMILES string of the molecule is CCNC(=NCc1ccc(C(=O)N(CC)CC)cc1)N1CCN(c2cccs2)CC1.I. The van der Waals surface area contributed by atoms with Gasteiger partial charge in [-0.05, 0) is 56.0 Å². The summed E-state index contributed by atoms with van der Waals surface area (Å²) in [5, 5.41) is 6.91. The van der Waals surface area contributed by atoms with Crippen molar-refractivity contribution in [3.8, 4) is 0 Å². The first kappa shape index (κ1) is 25.5. The van der Waals surface area contributed by atoms with Crippen LogP contribution in [-0.4, -0.2) is 67.5 Å². The van der Waals surface area contributed by atoms with Crippen LogP contribution in [0.4, 0.5) is 5.00 Å². The lowest BCUT2D eigenvalue weighted by atomic mass is 10.1. The Labute approximate surface area is 207 Å². The van der Waals surface area contributed by atoms with Gasteiger partial charge in [-0.15, -0.1) is 35.3 Å². The molecule has 6 nitrogen and oxygen atoms in total. The van der Waals surface area contributed by atoms with Gasteiger partial charge in [-0.2, -0.15) is 0 Å². The Kier molecular flexibility index (Phi) is 10.6. The molecule has 1 aromatic carbocycles. The average molecular weight is 556 g/mol. The van der Waals surface area contributed by atoms with E-state index in [2.05, 4.69) is 39.6 Å². The Balaban J connectivity index is 0.00000341. The van der Waals surface area contributed by atoms with Crippen molar-refractivity contribution in [2.24, 2.45) is 4.99 Å². The number of carbonyl (C=O) groups is 1. The van der Waals surface area contributed by atoms with Crippen LogP contribution in [0.5, 0.6) is 0 Å². The van der Waals surface area contributed by atoms with Crippen LogP contribution in [0.25, 0.3) is 0 Å². The van der Waals surface area contributed by atoms with Crippen molar-refractivity contribution in [3.05, 3.63) is 52.9 Å². The largest absolute Gasteiger partial charge is 0.360 e. The van der Waals surface area contributed by atoms with Crippen LogP contribution in [0.2, 0.25) is 0 Å². The van der Waals surface area contributed by atoms with Crippen LogP contribution in [0, 0.1) is 0 Å². The molecule has 1 aliphatic heterocycles. The molecule has 0 bridgehead atoms. The van der Waals surface area contributed by atoms with Gasteiger partial charge in [0.1, 0.15) is 0 Å². The molecular formula is C23H34IN5OS. The lowest BCUT2D eigenvalue weighted by Crippen LogP contribution is -2.52. The molecule has 1 amide bonds. The molecule has 8 heteroatoms. The van der Waals surface area contributed by atoms with E-state index in [0.29, 0.717) is 6.54 Å². The molecule has 1 N–H and O–H groups in total. The molecule has 0 unspecified atom stereocenters. The molecule has 0 radical (unpaired) electrons. The van der Waals surface area contributed by atoms with Gasteiger partial charge in [-0.3, -0.25) is 4.79 Å². The number of amides is 1. The van der Waals surface area contributed by atoms with Gasteiger partial charge in [0.05, 0.1) is 11.5 Å². The lowest BCUT2D eigenvalue weighted by Gasteiger charge is -2.37. The van der Waals surface area contributed by atoms with E-state index in [1.54, 1.807) is 11.3 Å². The number of hydrogen-bond donors (Lipinski definition) is 1. The minimum Gasteiger partial charge on any atom is -0.360 e. The Morgan fingerprint density at radius 3 is 2.29 bits per heavy atom. The fraction of sp³-hybridized carbons (Fsp3) is 0.478. The maximum atomic E-state index is 12.5. The van der Waals surface area contributed by atoms with E-state index in [0.717, 1.165) is 62.9 Å². The quantitative estimate of drug-likeness (QED) is 0.317. The summed E-state index contributed by atoms with van der Waals surface area (Å²) >= 11 is 1.80. The zero-order valence-corrected chi connectivity index (χ0v) is 21.9. The smallest absolute Gasteiger partial charge is 0.253 e. The Morgan fingerprint density at radius 1 is 1.06 bits per heavy atom. The molecule has 0 saturated carbocycles. The summed E-state index contributed by atoms with van der Waals surface area (Å²) in [7, 11) is 0. The van der Waals surface area contributed by atoms with Gasteiger partial charge in [0.15, 0.2) is 5.96 Å². The topological polar surface area (TPSA) is 51.2 Å². The van der Waals surface area contributed by atoms with Crippen LogP contribution in [0.1, 0.15) is 36.7 Å². The van der Waals surface area contributed by atoms with Gasteiger partial charge in [-0.25, -0.2) is 4.99 Å². The Hall–Kier alpha value is -1.81. The fourth-order valence-corrected chi connectivity index (χ4v) is 4.41. The van der Waals surface area contributed by atoms with Gasteiger partial charge in [0, 0.05) is 51.4 Å². The molecule has 0 aliphatic carbocycles. The molecule has 2 heterocycles. The third kappa shape index (κ3) is 6.83. The molecule has 3 rings (SSSR count). The number of nitrogens with one attached hydrogen (secondary N) is 1. The number of benzene rings is 1. The zero-order valence-electron chi connectivity index (χ0n) is 18.7. The van der Waals surface area contributed by atoms with Crippen molar-refractivity contribution in [2.45, 2.75) is 27.3 Å². The monoisotopic (exact) mass is 555 g/mol. The van der Waals surface area contributed by atoms with Gasteiger partial charge in [0.2, 0.25) is 0 Å². The highest BCUT2D eigenvalue weighted by molar-refractivity contribution is 14.0. The van der Waals surface area contributed by atoms with E-state index in [1.165, 1.54) is 5.00 Å². The van der Waals surface area contributed by atoms with E-state index in [4.69, 9.17) is 4.99 Å². The summed E-state index contributed by atoms with van der Waals surface area (Å²) in [6.07, 6.45) is 0. The van der Waals surface area contributed by atoms with Crippen LogP contribution in [-0.2, 0) is 6.54 Å². The number of hydrogen-bond acceptors (Lipinski definition) is 4. The molecule has 0 spiro atoms. The number of nitrogens with zero attached hydrogens (tertiary/aromatic N) is 4. The molecular weight excluding hydrogens is 521 g/mol. The minimum atomic E-state index is 0. The van der Waals surface area contributed by atoms with Gasteiger partial charge >= 0.3 is 0 Å². The predicted octanol–water partition coefficient (Wildman–Crippen LogP) is 4.14. The first-order valence-corrected chi connectivity index (χ1v) is 11.7. The maximum Gasteiger partial charge on any atom is 0.253 e. The minimum absolute atomic E-state index is 0. The van der Waals surface area contributed by atoms with Crippen LogP contribution >= 0.6 is 35.3 Å². The van der Waals surface area contributed by atoms with E-state index < -0.39 is 0 Å². The summed E-state index contributed by atoms with van der Waals surface area (Å²) in [6.45, 7) is 13.0. The highest BCUT2D eigenvalue weighted by Crippen LogP contribution is 2.22. The second kappa shape index (κ2) is 12.9. The average Bonchev–Trinajstić information content (AvgIpc) is 3.33. The number of anilines is 1. The molecule has 2 aromatic rings. The number of thiophene rings is 1. The lowest BCUT2D eigenvalue weighted by molar-refractivity contribution is 0.0773. The molecule has 1 aromatic heterocycles. The summed E-state index contributed by atoms with van der Waals surface area (Å²) in [4.78, 5) is 23.9. The van der Waals surface area contributed by atoms with Gasteiger partial charge in [0.25, 0.3) is 5.91 Å². The Bertz CT molecular complexity index is 813. The van der Waals surface area contributed by atoms with Crippen molar-refractivity contribution in [1.82, 2.24) is 15.1 Å². The third-order valence-electron chi connectivity index (χ3n) is 5.39. The molecule has 1 saturated heterocycles. The number of piperazine rings is 1. The first-order valence-electron chi connectivity index (χ1n) is 10.9. The summed E-state index contributed by atoms with van der Waals surface area (Å²) in [5.41, 5.74) is 1.85. The number of rotatable bonds is 7. The second-order valence-corrected chi connectivity index (χ2v) is 8.20. The van der Waals surface area contributed by atoms with Crippen molar-refractivity contribution < 1.29 is 4.79 Å². The maximum absolute atomic E-state index is 12.5. The van der Waals surface area contributed by atoms with Crippen molar-refractivity contribution in [1.29, 1.82) is 0 Å². The van der Waals surface area contributed by atoms with Crippen LogP contribution in [0.3, 0.4) is 0 Å². The van der Waals surface area contributed by atoms with Crippen molar-refractivity contribution >= 4 is 52.2 Å². The standard InChI is InChI=1S/C23H33N5OS.HI/c1-4-24-23(28-15-13-27(14-16-28)21-8-7-17-30-21)25-18-19-9-11-20(12-10-19)22(29)26(5-2)6-3;/h7-12,17H,4-6,13-16,18H2,1-3H3,(H,24,25);1H. The van der Waals surface area contributed by atoms with E-state index in [1.807, 2.05) is 43.0 Å². The fourth-order valence-electron chi connectivity index (χ4n) is 3.63. The number of guanidine groups is 1. The van der Waals surface area contributed by atoms with Crippen molar-refractivity contribution in [2.75, 3.05) is 50.7 Å². The normalized spacial score (nSPS) is 14.2. The zero-order chi connectivity index (χ0) is 21.3. The summed E-state index contributed by atoms with van der Waals surface area (Å²) < 4.78 is 0. The summed E-state index contributed by atoms with van der Waals surface area (Å²) in [6, 6.07) is 12.2. The highest BCUT2D eigenvalue weighted by Gasteiger charge is 2.20. The van der Waals surface area contributed by atoms with Gasteiger partial charge in [-0.1, -0.05) is 12.1 Å². The second-order valence-electron chi connectivity index (χ2n) is 7.27. The molecule has 170 valence electrons. The van der Waals surface area contributed by atoms with E-state index in [9.17, 15) is 4.79 Å².